The Bertz CT molecular complexity index is 434. The third-order valence-corrected chi connectivity index (χ3v) is 3.87. The lowest BCUT2D eigenvalue weighted by Gasteiger charge is -2.19. The maximum absolute atomic E-state index is 12.0. The molecule has 0 saturated carbocycles. The molecule has 3 N–H and O–H groups in total. The zero-order valence-electron chi connectivity index (χ0n) is 12.2. The van der Waals surface area contributed by atoms with Gasteiger partial charge in [0.1, 0.15) is 0 Å². The summed E-state index contributed by atoms with van der Waals surface area (Å²) < 4.78 is 0. The lowest BCUT2D eigenvalue weighted by molar-refractivity contribution is -0.123. The lowest BCUT2D eigenvalue weighted by Crippen LogP contribution is -2.42. The quantitative estimate of drug-likeness (QED) is 0.842. The van der Waals surface area contributed by atoms with Crippen molar-refractivity contribution in [1.82, 2.24) is 5.32 Å². The summed E-state index contributed by atoms with van der Waals surface area (Å²) in [6.07, 6.45) is 2.73. The Morgan fingerprint density at radius 3 is 2.74 bits per heavy atom. The van der Waals surface area contributed by atoms with E-state index in [1.807, 2.05) is 13.2 Å². The minimum atomic E-state index is -0.417. The van der Waals surface area contributed by atoms with Crippen LogP contribution in [0.15, 0.2) is 18.2 Å². The fourth-order valence-corrected chi connectivity index (χ4v) is 2.49. The molecule has 0 aliphatic carbocycles. The highest BCUT2D eigenvalue weighted by atomic mass is 32.2. The van der Waals surface area contributed by atoms with Gasteiger partial charge in [-0.25, -0.2) is 0 Å². The highest BCUT2D eigenvalue weighted by molar-refractivity contribution is 7.98. The van der Waals surface area contributed by atoms with Gasteiger partial charge < -0.3 is 11.1 Å². The molecule has 0 aliphatic rings. The molecule has 1 rings (SSSR count). The van der Waals surface area contributed by atoms with E-state index in [4.69, 9.17) is 5.73 Å². The number of amides is 1. The van der Waals surface area contributed by atoms with Gasteiger partial charge in [-0.2, -0.15) is 11.8 Å². The number of nitrogens with one attached hydrogen (secondary N) is 1. The van der Waals surface area contributed by atoms with Gasteiger partial charge in [-0.1, -0.05) is 23.8 Å². The minimum Gasteiger partial charge on any atom is -0.348 e. The molecular formula is C15H24N2OS. The van der Waals surface area contributed by atoms with E-state index in [2.05, 4.69) is 37.4 Å². The van der Waals surface area contributed by atoms with E-state index in [1.54, 1.807) is 11.8 Å². The van der Waals surface area contributed by atoms with E-state index >= 15 is 0 Å². The van der Waals surface area contributed by atoms with Crippen LogP contribution < -0.4 is 11.1 Å². The van der Waals surface area contributed by atoms with Gasteiger partial charge in [0.05, 0.1) is 12.1 Å². The first-order valence-electron chi connectivity index (χ1n) is 6.57. The molecule has 0 fully saturated rings. The average Bonchev–Trinajstić information content (AvgIpc) is 2.38. The van der Waals surface area contributed by atoms with Crippen LogP contribution >= 0.6 is 11.8 Å². The van der Waals surface area contributed by atoms with Gasteiger partial charge in [0.25, 0.3) is 0 Å². The van der Waals surface area contributed by atoms with Crippen molar-refractivity contribution in [3.63, 3.8) is 0 Å². The summed E-state index contributed by atoms with van der Waals surface area (Å²) >= 11 is 1.71. The second-order valence-corrected chi connectivity index (χ2v) is 5.96. The monoisotopic (exact) mass is 280 g/mol. The highest BCUT2D eigenvalue weighted by Gasteiger charge is 2.17. The number of rotatable bonds is 6. The van der Waals surface area contributed by atoms with Gasteiger partial charge in [0, 0.05) is 0 Å². The summed E-state index contributed by atoms with van der Waals surface area (Å²) in [5.41, 5.74) is 9.42. The molecule has 0 aromatic heterocycles. The molecule has 19 heavy (non-hydrogen) atoms. The molecule has 0 aliphatic heterocycles. The van der Waals surface area contributed by atoms with Crippen molar-refractivity contribution in [2.45, 2.75) is 39.3 Å². The smallest absolute Gasteiger partial charge is 0.237 e. The van der Waals surface area contributed by atoms with Crippen LogP contribution in [0.5, 0.6) is 0 Å². The number of hydrogen-bond acceptors (Lipinski definition) is 3. The number of benzene rings is 1. The second kappa shape index (κ2) is 7.56. The molecule has 106 valence electrons. The van der Waals surface area contributed by atoms with Gasteiger partial charge >= 0.3 is 0 Å². The molecule has 4 heteroatoms. The van der Waals surface area contributed by atoms with Crippen LogP contribution in [0.2, 0.25) is 0 Å². The number of carbonyl (C=O) groups is 1. The summed E-state index contributed by atoms with van der Waals surface area (Å²) in [6.45, 7) is 6.12. The first-order valence-corrected chi connectivity index (χ1v) is 7.97. The van der Waals surface area contributed by atoms with Crippen molar-refractivity contribution in [3.8, 4) is 0 Å². The molecule has 2 atom stereocenters. The summed E-state index contributed by atoms with van der Waals surface area (Å²) in [6, 6.07) is 5.86. The van der Waals surface area contributed by atoms with Crippen molar-refractivity contribution in [2.24, 2.45) is 5.73 Å². The van der Waals surface area contributed by atoms with E-state index in [1.165, 1.54) is 11.1 Å². The second-order valence-electron chi connectivity index (χ2n) is 4.98. The van der Waals surface area contributed by atoms with Crippen molar-refractivity contribution in [3.05, 3.63) is 34.9 Å². The molecule has 0 bridgehead atoms. The van der Waals surface area contributed by atoms with Crippen LogP contribution in [-0.2, 0) is 4.79 Å². The molecule has 1 aromatic carbocycles. The predicted octanol–water partition coefficient (Wildman–Crippen LogP) is 2.56. The maximum atomic E-state index is 12.0. The fraction of sp³-hybridized carbons (Fsp3) is 0.533. The standard InChI is InChI=1S/C15H24N2OS/c1-10-5-6-11(2)13(9-10)12(3)17-15(18)14(16)7-8-19-4/h5-6,9,12,14H,7-8,16H2,1-4H3,(H,17,18)/t12?,14-/m0/s1. The Hall–Kier alpha value is -1.00. The Kier molecular flexibility index (Phi) is 6.38. The fourth-order valence-electron chi connectivity index (χ4n) is 2.00. The van der Waals surface area contributed by atoms with E-state index in [9.17, 15) is 4.79 Å². The number of carbonyl (C=O) groups excluding carboxylic acids is 1. The van der Waals surface area contributed by atoms with Gasteiger partial charge in [0.15, 0.2) is 0 Å². The van der Waals surface area contributed by atoms with Gasteiger partial charge in [-0.15, -0.1) is 0 Å². The van der Waals surface area contributed by atoms with Gasteiger partial charge in [0.2, 0.25) is 5.91 Å². The summed E-state index contributed by atoms with van der Waals surface area (Å²) in [5.74, 6) is 0.842. The first-order chi connectivity index (χ1) is 8.95. The third kappa shape index (κ3) is 4.88. The van der Waals surface area contributed by atoms with Crippen LogP contribution in [0.1, 0.15) is 36.1 Å². The zero-order chi connectivity index (χ0) is 14.4. The van der Waals surface area contributed by atoms with E-state index < -0.39 is 6.04 Å². The van der Waals surface area contributed by atoms with Crippen LogP contribution in [0.25, 0.3) is 0 Å². The Morgan fingerprint density at radius 2 is 2.11 bits per heavy atom. The molecule has 1 aromatic rings. The average molecular weight is 280 g/mol. The Labute approximate surface area is 120 Å². The summed E-state index contributed by atoms with van der Waals surface area (Å²) in [7, 11) is 0. The molecule has 3 nitrogen and oxygen atoms in total. The van der Waals surface area contributed by atoms with Crippen LogP contribution in [0, 0.1) is 13.8 Å². The van der Waals surface area contributed by atoms with E-state index in [0.717, 1.165) is 11.3 Å². The molecule has 1 unspecified atom stereocenters. The van der Waals surface area contributed by atoms with Crippen LogP contribution in [0.4, 0.5) is 0 Å². The molecule has 0 heterocycles. The largest absolute Gasteiger partial charge is 0.348 e. The maximum Gasteiger partial charge on any atom is 0.237 e. The normalized spacial score (nSPS) is 13.9. The topological polar surface area (TPSA) is 55.1 Å². The van der Waals surface area contributed by atoms with Crippen molar-refractivity contribution in [1.29, 1.82) is 0 Å². The number of aryl methyl sites for hydroxylation is 2. The van der Waals surface area contributed by atoms with E-state index in [0.29, 0.717) is 6.42 Å². The zero-order valence-corrected chi connectivity index (χ0v) is 13.0. The van der Waals surface area contributed by atoms with Crippen molar-refractivity contribution < 1.29 is 4.79 Å². The molecular weight excluding hydrogens is 256 g/mol. The molecule has 0 saturated heterocycles. The Morgan fingerprint density at radius 1 is 1.42 bits per heavy atom. The minimum absolute atomic E-state index is 0.00673. The SMILES string of the molecule is CSCC[C@H](N)C(=O)NC(C)c1cc(C)ccc1C. The highest BCUT2D eigenvalue weighted by Crippen LogP contribution is 2.19. The predicted molar refractivity (Wildman–Crippen MR) is 83.4 cm³/mol. The molecule has 0 spiro atoms. The number of thioether (sulfide) groups is 1. The lowest BCUT2D eigenvalue weighted by atomic mass is 9.99. The van der Waals surface area contributed by atoms with E-state index in [-0.39, 0.29) is 11.9 Å². The first kappa shape index (κ1) is 16.1. The van der Waals surface area contributed by atoms with Crippen molar-refractivity contribution >= 4 is 17.7 Å². The van der Waals surface area contributed by atoms with Crippen LogP contribution in [-0.4, -0.2) is 24.0 Å². The summed E-state index contributed by atoms with van der Waals surface area (Å²) in [4.78, 5) is 12.0. The molecule has 0 radical (unpaired) electrons. The van der Waals surface area contributed by atoms with Crippen LogP contribution in [0.3, 0.4) is 0 Å². The van der Waals surface area contributed by atoms with Gasteiger partial charge in [-0.3, -0.25) is 4.79 Å². The molecule has 1 amide bonds. The Balaban J connectivity index is 2.66. The van der Waals surface area contributed by atoms with Gasteiger partial charge in [-0.05, 0) is 50.3 Å². The third-order valence-electron chi connectivity index (χ3n) is 3.23. The number of hydrogen-bond donors (Lipinski definition) is 2. The van der Waals surface area contributed by atoms with Crippen molar-refractivity contribution in [2.75, 3.05) is 12.0 Å². The number of nitrogens with two attached hydrogens (primary N) is 1. The summed E-state index contributed by atoms with van der Waals surface area (Å²) in [5, 5.41) is 3.00.